The number of rotatable bonds is 5. The Morgan fingerprint density at radius 1 is 1.33 bits per heavy atom. The molecule has 0 radical (unpaired) electrons. The molecule has 0 unspecified atom stereocenters. The van der Waals surface area contributed by atoms with Crippen molar-refractivity contribution >= 4 is 17.3 Å². The van der Waals surface area contributed by atoms with Gasteiger partial charge in [-0.1, -0.05) is 6.92 Å². The Morgan fingerprint density at radius 3 is 2.90 bits per heavy atom. The number of ether oxygens (including phenoxy) is 1. The molecule has 3 N–H and O–H groups in total. The van der Waals surface area contributed by atoms with Crippen molar-refractivity contribution in [2.24, 2.45) is 0 Å². The Balaban J connectivity index is 1.75. The molecule has 2 aromatic heterocycles. The summed E-state index contributed by atoms with van der Waals surface area (Å²) in [5.41, 5.74) is 4.86. The summed E-state index contributed by atoms with van der Waals surface area (Å²) in [4.78, 5) is 13.2. The van der Waals surface area contributed by atoms with Crippen molar-refractivity contribution in [1.82, 2.24) is 15.0 Å². The van der Waals surface area contributed by atoms with E-state index in [9.17, 15) is 10.4 Å². The van der Waals surface area contributed by atoms with E-state index in [1.165, 1.54) is 0 Å². The highest BCUT2D eigenvalue weighted by Crippen LogP contribution is 2.41. The van der Waals surface area contributed by atoms with Crippen molar-refractivity contribution in [2.45, 2.75) is 19.3 Å². The molecule has 1 aromatic carbocycles. The molecule has 0 aliphatic carbocycles. The summed E-state index contributed by atoms with van der Waals surface area (Å²) < 4.78 is 5.31. The van der Waals surface area contributed by atoms with Gasteiger partial charge in [0.25, 0.3) is 0 Å². The van der Waals surface area contributed by atoms with Crippen LogP contribution in [0.3, 0.4) is 0 Å². The van der Waals surface area contributed by atoms with Gasteiger partial charge in [-0.25, -0.2) is 15.0 Å². The Labute approximate surface area is 174 Å². The molecular formula is C22H22N6O2. The predicted octanol–water partition coefficient (Wildman–Crippen LogP) is 3.15. The number of nitriles is 1. The first-order valence-electron chi connectivity index (χ1n) is 9.52. The second kappa shape index (κ2) is 7.61. The van der Waals surface area contributed by atoms with Crippen molar-refractivity contribution < 1.29 is 9.84 Å². The minimum Gasteiger partial charge on any atom is -0.480 e. The molecule has 0 saturated carbocycles. The summed E-state index contributed by atoms with van der Waals surface area (Å²) in [6, 6.07) is 9.72. The van der Waals surface area contributed by atoms with Crippen LogP contribution in [0.4, 0.5) is 17.3 Å². The third kappa shape index (κ3) is 3.40. The van der Waals surface area contributed by atoms with E-state index in [4.69, 9.17) is 4.74 Å². The lowest BCUT2D eigenvalue weighted by Gasteiger charge is -2.21. The van der Waals surface area contributed by atoms with Gasteiger partial charge in [0.2, 0.25) is 11.8 Å². The van der Waals surface area contributed by atoms with E-state index in [1.54, 1.807) is 31.6 Å². The first-order chi connectivity index (χ1) is 14.5. The average Bonchev–Trinajstić information content (AvgIpc) is 3.11. The zero-order valence-corrected chi connectivity index (χ0v) is 17.0. The number of aromatic nitrogens is 3. The molecular weight excluding hydrogens is 380 g/mol. The quantitative estimate of drug-likeness (QED) is 0.596. The molecule has 152 valence electrons. The fraction of sp³-hybridized carbons (Fsp3) is 0.273. The average molecular weight is 402 g/mol. The van der Waals surface area contributed by atoms with Gasteiger partial charge in [0.05, 0.1) is 30.7 Å². The lowest BCUT2D eigenvalue weighted by atomic mass is 9.83. The number of hydrogen-bond donors (Lipinski definition) is 3. The summed E-state index contributed by atoms with van der Waals surface area (Å²) in [6.45, 7) is 4.47. The Morgan fingerprint density at radius 2 is 2.17 bits per heavy atom. The lowest BCUT2D eigenvalue weighted by Crippen LogP contribution is -2.28. The highest BCUT2D eigenvalue weighted by molar-refractivity contribution is 5.76. The number of benzene rings is 1. The molecule has 3 heterocycles. The molecule has 8 nitrogen and oxygen atoms in total. The van der Waals surface area contributed by atoms with Crippen LogP contribution in [-0.2, 0) is 5.41 Å². The van der Waals surface area contributed by atoms with Gasteiger partial charge < -0.3 is 20.5 Å². The molecule has 0 spiro atoms. The highest BCUT2D eigenvalue weighted by Gasteiger charge is 2.35. The normalized spacial score (nSPS) is 17.0. The molecule has 4 rings (SSSR count). The minimum absolute atomic E-state index is 0.0158. The number of nitrogens with one attached hydrogen (secondary N) is 2. The Hall–Kier alpha value is -3.70. The van der Waals surface area contributed by atoms with Gasteiger partial charge in [-0.3, -0.25) is 0 Å². The summed E-state index contributed by atoms with van der Waals surface area (Å²) in [6.07, 6.45) is 3.38. The summed E-state index contributed by atoms with van der Waals surface area (Å²) in [7, 11) is 1.56. The fourth-order valence-corrected chi connectivity index (χ4v) is 3.57. The van der Waals surface area contributed by atoms with E-state index in [-0.39, 0.29) is 6.61 Å². The molecule has 0 bridgehead atoms. The molecule has 3 aromatic rings. The van der Waals surface area contributed by atoms with Crippen LogP contribution in [0.2, 0.25) is 0 Å². The number of nitrogens with zero attached hydrogens (tertiary/aromatic N) is 4. The number of aliphatic hydroxyl groups is 1. The molecule has 8 heteroatoms. The second-order valence-electron chi connectivity index (χ2n) is 7.59. The maximum absolute atomic E-state index is 9.90. The topological polar surface area (TPSA) is 116 Å². The number of hydrogen-bond acceptors (Lipinski definition) is 8. The van der Waals surface area contributed by atoms with Gasteiger partial charge in [-0.05, 0) is 42.3 Å². The highest BCUT2D eigenvalue weighted by atomic mass is 16.5. The van der Waals surface area contributed by atoms with Gasteiger partial charge in [-0.15, -0.1) is 0 Å². The van der Waals surface area contributed by atoms with Crippen molar-refractivity contribution in [2.75, 3.05) is 30.9 Å². The number of anilines is 3. The lowest BCUT2D eigenvalue weighted by molar-refractivity contribution is 0.219. The number of pyridine rings is 1. The summed E-state index contributed by atoms with van der Waals surface area (Å²) in [5, 5.41) is 25.9. The third-order valence-electron chi connectivity index (χ3n) is 5.29. The predicted molar refractivity (Wildman–Crippen MR) is 114 cm³/mol. The van der Waals surface area contributed by atoms with E-state index in [2.05, 4.69) is 31.7 Å². The van der Waals surface area contributed by atoms with Crippen molar-refractivity contribution in [3.8, 4) is 23.2 Å². The molecule has 1 aliphatic rings. The molecule has 0 saturated heterocycles. The van der Waals surface area contributed by atoms with E-state index >= 15 is 0 Å². The van der Waals surface area contributed by atoms with Gasteiger partial charge in [-0.2, -0.15) is 5.26 Å². The van der Waals surface area contributed by atoms with Crippen LogP contribution in [-0.4, -0.2) is 40.3 Å². The summed E-state index contributed by atoms with van der Waals surface area (Å²) >= 11 is 0. The van der Waals surface area contributed by atoms with Crippen LogP contribution in [0.25, 0.3) is 11.3 Å². The maximum atomic E-state index is 9.90. The first kappa shape index (κ1) is 19.6. The first-order valence-corrected chi connectivity index (χ1v) is 9.52. The molecule has 30 heavy (non-hydrogen) atoms. The van der Waals surface area contributed by atoms with Crippen LogP contribution in [0.15, 0.2) is 36.7 Å². The van der Waals surface area contributed by atoms with Crippen LogP contribution in [0.5, 0.6) is 5.88 Å². The van der Waals surface area contributed by atoms with Gasteiger partial charge in [0.1, 0.15) is 11.8 Å². The standard InChI is InChI=1S/C22H22N6O2/c1-13-6-18(20(30-3)25-10-13)28-21-24-5-4-17(27-21)14-7-15(9-23)19-16(8-14)22(2,12-29)11-26-19/h4-8,10,26,29H,11-12H2,1-3H3,(H,24,27,28)/t22-/m1/s1. The molecule has 1 atom stereocenters. The van der Waals surface area contributed by atoms with Crippen LogP contribution in [0, 0.1) is 18.3 Å². The fourth-order valence-electron chi connectivity index (χ4n) is 3.57. The Kier molecular flexibility index (Phi) is 4.98. The number of aryl methyl sites for hydroxylation is 1. The third-order valence-corrected chi connectivity index (χ3v) is 5.29. The zero-order valence-electron chi connectivity index (χ0n) is 17.0. The molecule has 1 aliphatic heterocycles. The smallest absolute Gasteiger partial charge is 0.237 e. The SMILES string of the molecule is COc1ncc(C)cc1Nc1nccc(-c2cc(C#N)c3c(c2)[C@@](C)(CO)CN3)n1. The van der Waals surface area contributed by atoms with Gasteiger partial charge in [0, 0.05) is 29.9 Å². The van der Waals surface area contributed by atoms with Crippen molar-refractivity contribution in [1.29, 1.82) is 5.26 Å². The number of methoxy groups -OCH3 is 1. The zero-order chi connectivity index (χ0) is 21.3. The monoisotopic (exact) mass is 402 g/mol. The molecule has 0 amide bonds. The van der Waals surface area contributed by atoms with Crippen LogP contribution >= 0.6 is 0 Å². The second-order valence-corrected chi connectivity index (χ2v) is 7.59. The Bertz CT molecular complexity index is 1160. The largest absolute Gasteiger partial charge is 0.480 e. The van der Waals surface area contributed by atoms with E-state index < -0.39 is 5.41 Å². The van der Waals surface area contributed by atoms with E-state index in [0.717, 1.165) is 22.4 Å². The number of fused-ring (bicyclic) bond motifs is 1. The number of aliphatic hydroxyl groups excluding tert-OH is 1. The van der Waals surface area contributed by atoms with Gasteiger partial charge >= 0.3 is 0 Å². The van der Waals surface area contributed by atoms with Gasteiger partial charge in [0.15, 0.2) is 0 Å². The van der Waals surface area contributed by atoms with Crippen molar-refractivity contribution in [3.63, 3.8) is 0 Å². The van der Waals surface area contributed by atoms with E-state index in [0.29, 0.717) is 35.3 Å². The van der Waals surface area contributed by atoms with E-state index in [1.807, 2.05) is 26.0 Å². The minimum atomic E-state index is -0.453. The maximum Gasteiger partial charge on any atom is 0.237 e. The van der Waals surface area contributed by atoms with Crippen molar-refractivity contribution in [3.05, 3.63) is 53.3 Å². The van der Waals surface area contributed by atoms with Crippen LogP contribution in [0.1, 0.15) is 23.6 Å². The van der Waals surface area contributed by atoms with Crippen LogP contribution < -0.4 is 15.4 Å². The summed E-state index contributed by atoms with van der Waals surface area (Å²) in [5.74, 6) is 0.837. The molecule has 0 fully saturated rings.